The van der Waals surface area contributed by atoms with Crippen molar-refractivity contribution in [1.82, 2.24) is 0 Å². The van der Waals surface area contributed by atoms with Crippen LogP contribution in [0.1, 0.15) is 6.42 Å². The summed E-state index contributed by atoms with van der Waals surface area (Å²) in [6, 6.07) is 0. The zero-order chi connectivity index (χ0) is 7.61. The molecule has 0 radical (unpaired) electrons. The maximum absolute atomic E-state index is 8.94. The van der Waals surface area contributed by atoms with Crippen LogP contribution in [0, 0.1) is 12.3 Å². The summed E-state index contributed by atoms with van der Waals surface area (Å²) in [5, 5.41) is 17.9. The minimum Gasteiger partial charge on any atom is -0.362 e. The summed E-state index contributed by atoms with van der Waals surface area (Å²) in [5.74, 6) is 0.700. The molecule has 52 valence electrons. The van der Waals surface area contributed by atoms with Gasteiger partial charge in [-0.1, -0.05) is 12.0 Å². The summed E-state index contributed by atoms with van der Waals surface area (Å²) in [4.78, 5) is 0. The van der Waals surface area contributed by atoms with Crippen molar-refractivity contribution in [2.24, 2.45) is 0 Å². The van der Waals surface area contributed by atoms with Crippen LogP contribution in [0.5, 0.6) is 0 Å². The Hall–Kier alpha value is -1.04. The SMILES string of the molecule is C#CC1=CCC(O)(O)C=C1. The molecule has 0 amide bonds. The van der Waals surface area contributed by atoms with Gasteiger partial charge in [0.05, 0.1) is 0 Å². The Morgan fingerprint density at radius 1 is 1.60 bits per heavy atom. The van der Waals surface area contributed by atoms with Crippen molar-refractivity contribution in [2.45, 2.75) is 12.2 Å². The molecule has 0 spiro atoms. The minimum atomic E-state index is -1.69. The van der Waals surface area contributed by atoms with Crippen LogP contribution in [0.2, 0.25) is 0 Å². The lowest BCUT2D eigenvalue weighted by Gasteiger charge is -2.17. The Bertz CT molecular complexity index is 228. The van der Waals surface area contributed by atoms with Crippen LogP contribution in [0.4, 0.5) is 0 Å². The molecule has 0 atom stereocenters. The molecule has 0 heterocycles. The maximum atomic E-state index is 8.94. The topological polar surface area (TPSA) is 40.5 Å². The van der Waals surface area contributed by atoms with E-state index in [2.05, 4.69) is 5.92 Å². The molecular formula is C8H8O2. The van der Waals surface area contributed by atoms with Gasteiger partial charge >= 0.3 is 0 Å². The van der Waals surface area contributed by atoms with Gasteiger partial charge in [-0.25, -0.2) is 0 Å². The van der Waals surface area contributed by atoms with E-state index in [4.69, 9.17) is 16.6 Å². The van der Waals surface area contributed by atoms with Crippen molar-refractivity contribution in [3.63, 3.8) is 0 Å². The summed E-state index contributed by atoms with van der Waals surface area (Å²) in [5.41, 5.74) is 0.693. The van der Waals surface area contributed by atoms with E-state index < -0.39 is 5.79 Å². The fourth-order valence-electron chi connectivity index (χ4n) is 0.727. The highest BCUT2D eigenvalue weighted by molar-refractivity contribution is 5.39. The molecule has 0 aromatic rings. The third-order valence-corrected chi connectivity index (χ3v) is 1.32. The zero-order valence-electron chi connectivity index (χ0n) is 5.41. The highest BCUT2D eigenvalue weighted by Gasteiger charge is 2.19. The molecule has 0 aromatic carbocycles. The van der Waals surface area contributed by atoms with Crippen LogP contribution >= 0.6 is 0 Å². The first-order chi connectivity index (χ1) is 4.64. The number of hydrogen-bond donors (Lipinski definition) is 2. The van der Waals surface area contributed by atoms with Crippen LogP contribution in [0.25, 0.3) is 0 Å². The monoisotopic (exact) mass is 136 g/mol. The highest BCUT2D eigenvalue weighted by Crippen LogP contribution is 2.16. The van der Waals surface area contributed by atoms with Crippen LogP contribution in [-0.4, -0.2) is 16.0 Å². The molecule has 0 aromatic heterocycles. The van der Waals surface area contributed by atoms with Gasteiger partial charge < -0.3 is 10.2 Å². The second-order valence-electron chi connectivity index (χ2n) is 2.22. The normalized spacial score (nSPS) is 21.5. The van der Waals surface area contributed by atoms with E-state index in [1.807, 2.05) is 0 Å². The number of hydrogen-bond acceptors (Lipinski definition) is 2. The van der Waals surface area contributed by atoms with E-state index in [-0.39, 0.29) is 6.42 Å². The van der Waals surface area contributed by atoms with Gasteiger partial charge in [-0.15, -0.1) is 6.42 Å². The Balaban J connectivity index is 2.75. The van der Waals surface area contributed by atoms with Gasteiger partial charge in [-0.05, 0) is 12.2 Å². The average molecular weight is 136 g/mol. The van der Waals surface area contributed by atoms with Crippen molar-refractivity contribution in [3.8, 4) is 12.3 Å². The lowest BCUT2D eigenvalue weighted by molar-refractivity contribution is -0.115. The van der Waals surface area contributed by atoms with Gasteiger partial charge in [0.2, 0.25) is 0 Å². The minimum absolute atomic E-state index is 0.170. The fraction of sp³-hybridized carbons (Fsp3) is 0.250. The first-order valence-corrected chi connectivity index (χ1v) is 2.95. The third kappa shape index (κ3) is 1.47. The van der Waals surface area contributed by atoms with Crippen LogP contribution in [0.3, 0.4) is 0 Å². The summed E-state index contributed by atoms with van der Waals surface area (Å²) in [6.45, 7) is 0. The van der Waals surface area contributed by atoms with Gasteiger partial charge in [-0.2, -0.15) is 0 Å². The van der Waals surface area contributed by atoms with E-state index in [1.165, 1.54) is 12.2 Å². The zero-order valence-corrected chi connectivity index (χ0v) is 5.41. The molecular weight excluding hydrogens is 128 g/mol. The molecule has 1 aliphatic carbocycles. The van der Waals surface area contributed by atoms with Crippen molar-refractivity contribution in [3.05, 3.63) is 23.8 Å². The van der Waals surface area contributed by atoms with Gasteiger partial charge in [0.15, 0.2) is 5.79 Å². The predicted octanol–water partition coefficient (Wildman–Crippen LogP) is 0.187. The number of terminal acetylenes is 1. The second kappa shape index (κ2) is 2.30. The van der Waals surface area contributed by atoms with E-state index in [0.29, 0.717) is 5.57 Å². The maximum Gasteiger partial charge on any atom is 0.186 e. The molecule has 0 saturated heterocycles. The van der Waals surface area contributed by atoms with Gasteiger partial charge in [0.25, 0.3) is 0 Å². The summed E-state index contributed by atoms with van der Waals surface area (Å²) in [6.07, 6.45) is 9.64. The average Bonchev–Trinajstić information content (AvgIpc) is 1.88. The smallest absolute Gasteiger partial charge is 0.186 e. The quantitative estimate of drug-likeness (QED) is 0.368. The molecule has 2 nitrogen and oxygen atoms in total. The molecule has 10 heavy (non-hydrogen) atoms. The van der Waals surface area contributed by atoms with Gasteiger partial charge in [0.1, 0.15) is 0 Å². The van der Waals surface area contributed by atoms with E-state index in [9.17, 15) is 0 Å². The molecule has 1 rings (SSSR count). The number of rotatable bonds is 0. The lowest BCUT2D eigenvalue weighted by Crippen LogP contribution is -2.25. The number of aliphatic hydroxyl groups is 2. The standard InChI is InChI=1S/C8H8O2/c1-2-7-3-5-8(9,10)6-4-7/h1,3-5,9-10H,6H2. The summed E-state index contributed by atoms with van der Waals surface area (Å²) >= 11 is 0. The first-order valence-electron chi connectivity index (χ1n) is 2.95. The predicted molar refractivity (Wildman–Crippen MR) is 37.8 cm³/mol. The van der Waals surface area contributed by atoms with E-state index >= 15 is 0 Å². The lowest BCUT2D eigenvalue weighted by atomic mass is 10.0. The molecule has 1 aliphatic rings. The van der Waals surface area contributed by atoms with Crippen molar-refractivity contribution < 1.29 is 10.2 Å². The molecule has 2 N–H and O–H groups in total. The van der Waals surface area contributed by atoms with Gasteiger partial charge in [-0.3, -0.25) is 0 Å². The fourth-order valence-corrected chi connectivity index (χ4v) is 0.727. The highest BCUT2D eigenvalue weighted by atomic mass is 16.5. The van der Waals surface area contributed by atoms with Crippen LogP contribution in [0.15, 0.2) is 23.8 Å². The van der Waals surface area contributed by atoms with Crippen LogP contribution in [-0.2, 0) is 0 Å². The Morgan fingerprint density at radius 2 is 2.30 bits per heavy atom. The van der Waals surface area contributed by atoms with E-state index in [1.54, 1.807) is 6.08 Å². The van der Waals surface area contributed by atoms with Gasteiger partial charge in [0, 0.05) is 12.0 Å². The largest absolute Gasteiger partial charge is 0.362 e. The Labute approximate surface area is 59.5 Å². The van der Waals surface area contributed by atoms with Crippen molar-refractivity contribution in [1.29, 1.82) is 0 Å². The molecule has 0 bridgehead atoms. The van der Waals surface area contributed by atoms with Crippen LogP contribution < -0.4 is 0 Å². The van der Waals surface area contributed by atoms with Crippen molar-refractivity contribution in [2.75, 3.05) is 0 Å². The van der Waals surface area contributed by atoms with Crippen molar-refractivity contribution >= 4 is 0 Å². The van der Waals surface area contributed by atoms with E-state index in [0.717, 1.165) is 0 Å². The Kier molecular flexibility index (Phi) is 1.62. The first kappa shape index (κ1) is 7.07. The second-order valence-corrected chi connectivity index (χ2v) is 2.22. The Morgan fingerprint density at radius 3 is 2.70 bits per heavy atom. The summed E-state index contributed by atoms with van der Waals surface area (Å²) < 4.78 is 0. The molecule has 0 unspecified atom stereocenters. The molecule has 0 aliphatic heterocycles. The number of allylic oxidation sites excluding steroid dienone is 2. The summed E-state index contributed by atoms with van der Waals surface area (Å²) in [7, 11) is 0. The molecule has 0 saturated carbocycles. The molecule has 0 fully saturated rings. The molecule has 2 heteroatoms. The third-order valence-electron chi connectivity index (χ3n) is 1.32.